The third-order valence-corrected chi connectivity index (χ3v) is 2.75. The summed E-state index contributed by atoms with van der Waals surface area (Å²) in [4.78, 5) is 4.41. The second kappa shape index (κ2) is 7.59. The van der Waals surface area contributed by atoms with Crippen LogP contribution in [0.1, 0.15) is 27.7 Å². The Hall–Kier alpha value is -2.37. The molecular formula is C16H23N5O. The minimum absolute atomic E-state index is 0.0982. The van der Waals surface area contributed by atoms with Gasteiger partial charge in [0.1, 0.15) is 5.75 Å². The molecule has 118 valence electrons. The van der Waals surface area contributed by atoms with Crippen molar-refractivity contribution < 1.29 is 4.74 Å². The standard InChI is InChI=1S/C16H23N5O/c1-11(2)9-17-15-10-18-21-16(20-15)19-13-7-5-6-8-14(13)22-12(3)4/h5-8,10-12H,9H2,1-4H3,(H2,17,19,20,21). The van der Waals surface area contributed by atoms with E-state index in [0.717, 1.165) is 18.0 Å². The smallest absolute Gasteiger partial charge is 0.249 e. The summed E-state index contributed by atoms with van der Waals surface area (Å²) < 4.78 is 5.77. The predicted octanol–water partition coefficient (Wildman–Crippen LogP) is 3.47. The van der Waals surface area contributed by atoms with Crippen molar-refractivity contribution in [1.29, 1.82) is 0 Å². The lowest BCUT2D eigenvalue weighted by atomic mass is 10.2. The van der Waals surface area contributed by atoms with Gasteiger partial charge in [0.15, 0.2) is 5.82 Å². The van der Waals surface area contributed by atoms with Crippen LogP contribution >= 0.6 is 0 Å². The zero-order valence-corrected chi connectivity index (χ0v) is 13.5. The van der Waals surface area contributed by atoms with Gasteiger partial charge in [0, 0.05) is 6.54 Å². The average Bonchev–Trinajstić information content (AvgIpc) is 2.47. The Balaban J connectivity index is 2.12. The minimum atomic E-state index is 0.0982. The van der Waals surface area contributed by atoms with Gasteiger partial charge in [-0.3, -0.25) is 0 Å². The number of hydrogen-bond acceptors (Lipinski definition) is 6. The van der Waals surface area contributed by atoms with E-state index in [-0.39, 0.29) is 6.10 Å². The molecule has 0 fully saturated rings. The van der Waals surface area contributed by atoms with Crippen molar-refractivity contribution in [2.24, 2.45) is 5.92 Å². The first-order valence-corrected chi connectivity index (χ1v) is 7.51. The molecule has 22 heavy (non-hydrogen) atoms. The molecule has 0 aliphatic heterocycles. The Morgan fingerprint density at radius 1 is 1.14 bits per heavy atom. The molecule has 0 bridgehead atoms. The monoisotopic (exact) mass is 301 g/mol. The van der Waals surface area contributed by atoms with Crippen molar-refractivity contribution in [2.75, 3.05) is 17.2 Å². The molecule has 0 unspecified atom stereocenters. The first-order chi connectivity index (χ1) is 10.5. The Labute approximate surface area is 131 Å². The molecular weight excluding hydrogens is 278 g/mol. The van der Waals surface area contributed by atoms with Crippen LogP contribution in [0.25, 0.3) is 0 Å². The summed E-state index contributed by atoms with van der Waals surface area (Å²) >= 11 is 0. The molecule has 6 heteroatoms. The summed E-state index contributed by atoms with van der Waals surface area (Å²) in [5.74, 6) is 2.44. The summed E-state index contributed by atoms with van der Waals surface area (Å²) in [6.45, 7) is 9.10. The molecule has 0 radical (unpaired) electrons. The Kier molecular flexibility index (Phi) is 5.52. The van der Waals surface area contributed by atoms with Crippen LogP contribution in [-0.4, -0.2) is 27.8 Å². The number of rotatable bonds is 7. The molecule has 0 saturated carbocycles. The molecule has 0 saturated heterocycles. The van der Waals surface area contributed by atoms with E-state index in [2.05, 4.69) is 39.7 Å². The molecule has 1 heterocycles. The van der Waals surface area contributed by atoms with Gasteiger partial charge in [-0.05, 0) is 31.9 Å². The second-order valence-electron chi connectivity index (χ2n) is 5.73. The Morgan fingerprint density at radius 3 is 2.64 bits per heavy atom. The highest BCUT2D eigenvalue weighted by Gasteiger charge is 2.08. The number of ether oxygens (including phenoxy) is 1. The fraction of sp³-hybridized carbons (Fsp3) is 0.438. The van der Waals surface area contributed by atoms with E-state index in [1.165, 1.54) is 0 Å². The number of aromatic nitrogens is 3. The van der Waals surface area contributed by atoms with Gasteiger partial charge < -0.3 is 15.4 Å². The van der Waals surface area contributed by atoms with Crippen LogP contribution in [0.2, 0.25) is 0 Å². The first kappa shape index (κ1) is 16.0. The molecule has 1 aromatic carbocycles. The number of nitrogens with zero attached hydrogens (tertiary/aromatic N) is 3. The van der Waals surface area contributed by atoms with Crippen LogP contribution in [0.15, 0.2) is 30.5 Å². The molecule has 0 atom stereocenters. The number of benzene rings is 1. The van der Waals surface area contributed by atoms with E-state index >= 15 is 0 Å². The molecule has 0 amide bonds. The zero-order valence-electron chi connectivity index (χ0n) is 13.5. The molecule has 0 aliphatic carbocycles. The van der Waals surface area contributed by atoms with Gasteiger partial charge in [-0.15, -0.1) is 5.10 Å². The van der Waals surface area contributed by atoms with E-state index in [0.29, 0.717) is 17.7 Å². The van der Waals surface area contributed by atoms with Crippen molar-refractivity contribution in [2.45, 2.75) is 33.8 Å². The lowest BCUT2D eigenvalue weighted by Gasteiger charge is -2.15. The molecule has 2 aromatic rings. The fourth-order valence-corrected chi connectivity index (χ4v) is 1.80. The van der Waals surface area contributed by atoms with Gasteiger partial charge in [0.05, 0.1) is 18.0 Å². The maximum Gasteiger partial charge on any atom is 0.249 e. The van der Waals surface area contributed by atoms with Crippen LogP contribution in [0, 0.1) is 5.92 Å². The highest BCUT2D eigenvalue weighted by molar-refractivity contribution is 5.62. The summed E-state index contributed by atoms with van der Waals surface area (Å²) in [6.07, 6.45) is 1.71. The maximum atomic E-state index is 5.77. The third-order valence-electron chi connectivity index (χ3n) is 2.75. The van der Waals surface area contributed by atoms with Crippen LogP contribution in [0.4, 0.5) is 17.5 Å². The van der Waals surface area contributed by atoms with Gasteiger partial charge >= 0.3 is 0 Å². The van der Waals surface area contributed by atoms with Crippen LogP contribution in [0.5, 0.6) is 5.75 Å². The first-order valence-electron chi connectivity index (χ1n) is 7.51. The van der Waals surface area contributed by atoms with Gasteiger partial charge in [-0.1, -0.05) is 26.0 Å². The molecule has 2 rings (SSSR count). The number of anilines is 3. The van der Waals surface area contributed by atoms with Crippen molar-refractivity contribution >= 4 is 17.5 Å². The van der Waals surface area contributed by atoms with E-state index in [1.807, 2.05) is 38.1 Å². The van der Waals surface area contributed by atoms with Crippen LogP contribution in [-0.2, 0) is 0 Å². The Bertz CT molecular complexity index is 601. The van der Waals surface area contributed by atoms with Crippen molar-refractivity contribution in [3.63, 3.8) is 0 Å². The summed E-state index contributed by atoms with van der Waals surface area (Å²) in [6, 6.07) is 7.71. The van der Waals surface area contributed by atoms with Gasteiger partial charge in [-0.2, -0.15) is 10.1 Å². The van der Waals surface area contributed by atoms with Crippen LogP contribution in [0.3, 0.4) is 0 Å². The van der Waals surface area contributed by atoms with E-state index in [4.69, 9.17) is 4.74 Å². The predicted molar refractivity (Wildman–Crippen MR) is 88.6 cm³/mol. The molecule has 6 nitrogen and oxygen atoms in total. The fourth-order valence-electron chi connectivity index (χ4n) is 1.80. The topological polar surface area (TPSA) is 72.0 Å². The summed E-state index contributed by atoms with van der Waals surface area (Å²) in [5, 5.41) is 14.4. The molecule has 1 aromatic heterocycles. The molecule has 2 N–H and O–H groups in total. The molecule has 0 aliphatic rings. The van der Waals surface area contributed by atoms with Gasteiger partial charge in [0.25, 0.3) is 0 Å². The van der Waals surface area contributed by atoms with E-state index in [1.54, 1.807) is 6.20 Å². The van der Waals surface area contributed by atoms with Crippen molar-refractivity contribution in [3.05, 3.63) is 30.5 Å². The number of para-hydroxylation sites is 2. The molecule has 0 spiro atoms. The van der Waals surface area contributed by atoms with Gasteiger partial charge in [0.2, 0.25) is 5.95 Å². The third kappa shape index (κ3) is 4.87. The Morgan fingerprint density at radius 2 is 1.91 bits per heavy atom. The van der Waals surface area contributed by atoms with Gasteiger partial charge in [-0.25, -0.2) is 0 Å². The largest absolute Gasteiger partial charge is 0.489 e. The van der Waals surface area contributed by atoms with Crippen molar-refractivity contribution in [3.8, 4) is 5.75 Å². The lowest BCUT2D eigenvalue weighted by molar-refractivity contribution is 0.244. The normalized spacial score (nSPS) is 10.8. The highest BCUT2D eigenvalue weighted by atomic mass is 16.5. The highest BCUT2D eigenvalue weighted by Crippen LogP contribution is 2.27. The number of hydrogen-bond donors (Lipinski definition) is 2. The van der Waals surface area contributed by atoms with E-state index in [9.17, 15) is 0 Å². The summed E-state index contributed by atoms with van der Waals surface area (Å²) in [7, 11) is 0. The zero-order chi connectivity index (χ0) is 15.9. The number of nitrogens with one attached hydrogen (secondary N) is 2. The summed E-state index contributed by atoms with van der Waals surface area (Å²) in [5.41, 5.74) is 0.819. The van der Waals surface area contributed by atoms with Crippen LogP contribution < -0.4 is 15.4 Å². The SMILES string of the molecule is CC(C)CNc1cnnc(Nc2ccccc2OC(C)C)n1. The second-order valence-corrected chi connectivity index (χ2v) is 5.73. The maximum absolute atomic E-state index is 5.77. The lowest BCUT2D eigenvalue weighted by Crippen LogP contribution is -2.11. The van der Waals surface area contributed by atoms with Crippen molar-refractivity contribution in [1.82, 2.24) is 15.2 Å². The van der Waals surface area contributed by atoms with E-state index < -0.39 is 0 Å². The quantitative estimate of drug-likeness (QED) is 0.816. The minimum Gasteiger partial charge on any atom is -0.489 e. The average molecular weight is 301 g/mol.